The van der Waals surface area contributed by atoms with Crippen LogP contribution in [0.2, 0.25) is 77.1 Å². The second kappa shape index (κ2) is 17.6. The standard InChI is InChI=1S/C46H76O8Si5/c1-55(2,3)50-46(38-16-12-10-13-17-38,51-56(4,5)29-26-35-20-23-40-43(32-35)47-40)52-59(39-18-14-11-15-19-39,53-57(6,7)30-27-36-21-24-41-44(33-36)48-41)54-58(8,9)31-28-37-22-25-42-45(34-37)49-42/h10-19,35-37,40-45H,20-34H2,1-9H3. The summed E-state index contributed by atoms with van der Waals surface area (Å²) in [5.41, 5.74) is 0.885. The quantitative estimate of drug-likeness (QED) is 0.0696. The summed E-state index contributed by atoms with van der Waals surface area (Å²) in [4.78, 5) is 0. The average molecular weight is 898 g/mol. The van der Waals surface area contributed by atoms with Crippen molar-refractivity contribution >= 4 is 47.3 Å². The van der Waals surface area contributed by atoms with E-state index in [1.54, 1.807) is 0 Å². The van der Waals surface area contributed by atoms with Gasteiger partial charge in [-0.15, -0.1) is 0 Å². The first-order valence-electron chi connectivity index (χ1n) is 23.5. The van der Waals surface area contributed by atoms with Gasteiger partial charge in [0.25, 0.3) is 5.97 Å². The first kappa shape index (κ1) is 44.8. The van der Waals surface area contributed by atoms with Gasteiger partial charge in [-0.3, -0.25) is 0 Å². The Morgan fingerprint density at radius 1 is 0.475 bits per heavy atom. The molecule has 328 valence electrons. The molecular formula is C46H76O8Si5. The molecule has 2 aromatic rings. The van der Waals surface area contributed by atoms with Crippen molar-refractivity contribution in [2.24, 2.45) is 17.8 Å². The highest BCUT2D eigenvalue weighted by atomic mass is 28.5. The molecule has 3 saturated heterocycles. The smallest absolute Gasteiger partial charge is 0.413 e. The van der Waals surface area contributed by atoms with E-state index in [-0.39, 0.29) is 0 Å². The Kier molecular flexibility index (Phi) is 13.4. The maximum atomic E-state index is 8.06. The molecule has 0 radical (unpaired) electrons. The molecule has 6 aliphatic rings. The molecular weight excluding hydrogens is 821 g/mol. The lowest BCUT2D eigenvalue weighted by atomic mass is 9.88. The molecule has 10 unspecified atom stereocenters. The third kappa shape index (κ3) is 12.1. The van der Waals surface area contributed by atoms with Gasteiger partial charge in [0.1, 0.15) is 0 Å². The topological polar surface area (TPSA) is 83.7 Å². The van der Waals surface area contributed by atoms with E-state index in [0.29, 0.717) is 54.4 Å². The Morgan fingerprint density at radius 2 is 0.881 bits per heavy atom. The minimum Gasteiger partial charge on any atom is -0.413 e. The molecule has 3 aliphatic carbocycles. The molecule has 0 spiro atoms. The van der Waals surface area contributed by atoms with E-state index in [2.05, 4.69) is 120 Å². The summed E-state index contributed by atoms with van der Waals surface area (Å²) in [6, 6.07) is 24.4. The number of ether oxygens (including phenoxy) is 3. The molecule has 0 amide bonds. The molecule has 8 nitrogen and oxygen atoms in total. The van der Waals surface area contributed by atoms with Gasteiger partial charge in [0.15, 0.2) is 33.3 Å². The Hall–Kier alpha value is -0.796. The molecule has 3 aliphatic heterocycles. The molecule has 0 bridgehead atoms. The first-order chi connectivity index (χ1) is 27.9. The molecule has 8 rings (SSSR count). The lowest BCUT2D eigenvalue weighted by Gasteiger charge is -2.50. The molecule has 2 aromatic carbocycles. The van der Waals surface area contributed by atoms with Gasteiger partial charge in [-0.2, -0.15) is 0 Å². The van der Waals surface area contributed by atoms with Crippen LogP contribution in [-0.2, 0) is 41.7 Å². The van der Waals surface area contributed by atoms with Crippen molar-refractivity contribution in [1.29, 1.82) is 0 Å². The maximum Gasteiger partial charge on any atom is 0.520 e. The lowest BCUT2D eigenvalue weighted by molar-refractivity contribution is -0.292. The third-order valence-electron chi connectivity index (χ3n) is 14.0. The van der Waals surface area contributed by atoms with Gasteiger partial charge in [0.2, 0.25) is 0 Å². The van der Waals surface area contributed by atoms with Crippen LogP contribution in [0.3, 0.4) is 0 Å². The minimum absolute atomic E-state index is 0.474. The van der Waals surface area contributed by atoms with Crippen molar-refractivity contribution in [2.75, 3.05) is 0 Å². The fourth-order valence-electron chi connectivity index (χ4n) is 10.5. The summed E-state index contributed by atoms with van der Waals surface area (Å²) >= 11 is 0. The van der Waals surface area contributed by atoms with Crippen molar-refractivity contribution in [3.8, 4) is 0 Å². The van der Waals surface area contributed by atoms with Crippen molar-refractivity contribution < 1.29 is 35.7 Å². The Bertz CT molecular complexity index is 1650. The number of hydrogen-bond donors (Lipinski definition) is 0. The molecule has 0 N–H and O–H groups in total. The molecule has 10 atom stereocenters. The highest BCUT2D eigenvalue weighted by Gasteiger charge is 2.60. The van der Waals surface area contributed by atoms with E-state index in [0.717, 1.165) is 48.1 Å². The van der Waals surface area contributed by atoms with E-state index in [4.69, 9.17) is 35.7 Å². The van der Waals surface area contributed by atoms with Crippen LogP contribution in [0.1, 0.15) is 82.6 Å². The maximum absolute atomic E-state index is 8.06. The van der Waals surface area contributed by atoms with Crippen molar-refractivity contribution in [2.45, 2.75) is 197 Å². The fourth-order valence-corrected chi connectivity index (χ4v) is 25.8. The van der Waals surface area contributed by atoms with E-state index in [1.807, 2.05) is 0 Å². The molecule has 3 heterocycles. The van der Waals surface area contributed by atoms with E-state index < -0.39 is 48.0 Å². The van der Waals surface area contributed by atoms with Crippen molar-refractivity contribution in [3.63, 3.8) is 0 Å². The van der Waals surface area contributed by atoms with Crippen LogP contribution in [0.4, 0.5) is 0 Å². The molecule has 13 heteroatoms. The number of hydrogen-bond acceptors (Lipinski definition) is 8. The van der Waals surface area contributed by atoms with Gasteiger partial charge < -0.3 is 35.7 Å². The van der Waals surface area contributed by atoms with E-state index >= 15 is 0 Å². The second-order valence-corrected chi connectivity index (χ2v) is 42.3. The SMILES string of the molecule is C[Si](C)(C)OC(O[Si](C)(C)CCC1CCC2OC2C1)(O[Si](O[Si](C)(C)CCC1CCC2OC2C1)(O[Si](C)(C)CCC1CCC2OC2C1)c1ccccc1)c1ccccc1. The van der Waals surface area contributed by atoms with Crippen LogP contribution < -0.4 is 5.19 Å². The molecule has 59 heavy (non-hydrogen) atoms. The summed E-state index contributed by atoms with van der Waals surface area (Å²) in [5.74, 6) is 0.523. The highest BCUT2D eigenvalue weighted by molar-refractivity contribution is 6.92. The lowest BCUT2D eigenvalue weighted by Crippen LogP contribution is -2.69. The van der Waals surface area contributed by atoms with Gasteiger partial charge in [-0.05, 0) is 153 Å². The van der Waals surface area contributed by atoms with Gasteiger partial charge >= 0.3 is 8.80 Å². The largest absolute Gasteiger partial charge is 0.520 e. The zero-order valence-electron chi connectivity index (χ0n) is 37.8. The summed E-state index contributed by atoms with van der Waals surface area (Å²) in [6.45, 7) is 21.1. The Labute approximate surface area is 362 Å². The molecule has 3 saturated carbocycles. The number of epoxide rings is 3. The molecule has 6 fully saturated rings. The van der Waals surface area contributed by atoms with Crippen molar-refractivity contribution in [1.82, 2.24) is 0 Å². The van der Waals surface area contributed by atoms with Gasteiger partial charge in [0.05, 0.1) is 36.6 Å². The summed E-state index contributed by atoms with van der Waals surface area (Å²) < 4.78 is 57.0. The van der Waals surface area contributed by atoms with Gasteiger partial charge in [-0.25, -0.2) is 0 Å². The normalized spacial score (nSPS) is 32.5. The highest BCUT2D eigenvalue weighted by Crippen LogP contribution is 2.47. The molecule has 0 aromatic heterocycles. The van der Waals surface area contributed by atoms with E-state index in [1.165, 1.54) is 57.8 Å². The number of fused-ring (bicyclic) bond motifs is 3. The first-order valence-corrected chi connectivity index (χ1v) is 37.9. The zero-order chi connectivity index (χ0) is 41.7. The van der Waals surface area contributed by atoms with Crippen LogP contribution in [0.5, 0.6) is 0 Å². The summed E-state index contributed by atoms with van der Waals surface area (Å²) in [7, 11) is -13.6. The van der Waals surface area contributed by atoms with E-state index in [9.17, 15) is 0 Å². The number of rotatable bonds is 21. The third-order valence-corrected chi connectivity index (χ3v) is 28.3. The Morgan fingerprint density at radius 3 is 1.29 bits per heavy atom. The van der Waals surface area contributed by atoms with Crippen LogP contribution >= 0.6 is 0 Å². The predicted molar refractivity (Wildman–Crippen MR) is 247 cm³/mol. The van der Waals surface area contributed by atoms with Crippen LogP contribution in [0, 0.1) is 17.8 Å². The summed E-state index contributed by atoms with van der Waals surface area (Å²) in [6.07, 6.45) is 17.3. The van der Waals surface area contributed by atoms with Crippen LogP contribution in [0.15, 0.2) is 60.7 Å². The number of benzene rings is 2. The van der Waals surface area contributed by atoms with Crippen LogP contribution in [0.25, 0.3) is 0 Å². The summed E-state index contributed by atoms with van der Waals surface area (Å²) in [5, 5.41) is 1.00. The minimum atomic E-state index is -3.85. The van der Waals surface area contributed by atoms with Gasteiger partial charge in [0, 0.05) is 10.8 Å². The van der Waals surface area contributed by atoms with Crippen molar-refractivity contribution in [3.05, 3.63) is 66.2 Å². The monoisotopic (exact) mass is 896 g/mol. The fraction of sp³-hybridized carbons (Fsp3) is 0.739. The Balaban J connectivity index is 1.16. The second-order valence-electron chi connectivity index (χ2n) is 22.0. The predicted octanol–water partition coefficient (Wildman–Crippen LogP) is 11.0. The van der Waals surface area contributed by atoms with Crippen LogP contribution in [-0.4, -0.2) is 78.7 Å². The zero-order valence-corrected chi connectivity index (χ0v) is 42.8. The van der Waals surface area contributed by atoms with Gasteiger partial charge in [-0.1, -0.05) is 79.9 Å². The average Bonchev–Trinajstić information content (AvgIpc) is 4.07.